The number of alkyl halides is 3. The predicted octanol–water partition coefficient (Wildman–Crippen LogP) is 2.53. The van der Waals surface area contributed by atoms with Crippen molar-refractivity contribution in [2.24, 2.45) is 0 Å². The maximum absolute atomic E-state index is 11.8. The molecule has 0 aromatic carbocycles. The van der Waals surface area contributed by atoms with Crippen LogP contribution >= 0.6 is 0 Å². The number of amides is 1. The summed E-state index contributed by atoms with van der Waals surface area (Å²) in [5, 5.41) is 11.2. The van der Waals surface area contributed by atoms with E-state index in [2.05, 4.69) is 5.32 Å². The molecular formula is C10H15F3N2O. The van der Waals surface area contributed by atoms with Gasteiger partial charge in [0, 0.05) is 6.42 Å². The molecule has 0 aromatic heterocycles. The maximum atomic E-state index is 11.8. The van der Waals surface area contributed by atoms with Crippen molar-refractivity contribution in [2.45, 2.75) is 51.2 Å². The molecule has 92 valence electrons. The molecule has 0 aliphatic carbocycles. The van der Waals surface area contributed by atoms with Gasteiger partial charge in [0.05, 0.1) is 12.5 Å². The van der Waals surface area contributed by atoms with Gasteiger partial charge < -0.3 is 5.32 Å². The summed E-state index contributed by atoms with van der Waals surface area (Å²) in [5.41, 5.74) is -1.04. The van der Waals surface area contributed by atoms with Crippen LogP contribution < -0.4 is 5.32 Å². The van der Waals surface area contributed by atoms with E-state index in [1.165, 1.54) is 0 Å². The smallest absolute Gasteiger partial charge is 0.338 e. The molecule has 0 aliphatic rings. The topological polar surface area (TPSA) is 52.9 Å². The summed E-state index contributed by atoms with van der Waals surface area (Å²) in [7, 11) is 0. The van der Waals surface area contributed by atoms with Gasteiger partial charge >= 0.3 is 6.18 Å². The first-order valence-electron chi connectivity index (χ1n) is 5.07. The molecule has 6 heteroatoms. The fourth-order valence-corrected chi connectivity index (χ4v) is 1.20. The molecule has 0 spiro atoms. The first kappa shape index (κ1) is 14.8. The maximum Gasteiger partial charge on any atom is 0.389 e. The van der Waals surface area contributed by atoms with E-state index in [0.717, 1.165) is 0 Å². The van der Waals surface area contributed by atoms with E-state index in [9.17, 15) is 18.0 Å². The van der Waals surface area contributed by atoms with E-state index in [1.807, 2.05) is 6.07 Å². The Kier molecular flexibility index (Phi) is 5.28. The Bertz CT molecular complexity index is 277. The lowest BCUT2D eigenvalue weighted by atomic mass is 9.94. The highest BCUT2D eigenvalue weighted by Gasteiger charge is 2.31. The molecule has 0 radical (unpaired) electrons. The Balaban J connectivity index is 4.29. The number of carbonyl (C=O) groups is 1. The van der Waals surface area contributed by atoms with Crippen LogP contribution in [0.2, 0.25) is 0 Å². The molecule has 0 saturated carbocycles. The number of nitriles is 1. The van der Waals surface area contributed by atoms with E-state index in [4.69, 9.17) is 5.26 Å². The average Bonchev–Trinajstić information content (AvgIpc) is 2.22. The Hall–Kier alpha value is -1.25. The third-order valence-electron chi connectivity index (χ3n) is 2.44. The van der Waals surface area contributed by atoms with Crippen molar-refractivity contribution in [2.75, 3.05) is 0 Å². The Morgan fingerprint density at radius 2 is 1.81 bits per heavy atom. The number of rotatable bonds is 5. The normalized spacial score (nSPS) is 12.0. The second kappa shape index (κ2) is 5.73. The molecule has 0 unspecified atom stereocenters. The van der Waals surface area contributed by atoms with Crippen LogP contribution in [0.1, 0.15) is 39.5 Å². The lowest BCUT2D eigenvalue weighted by molar-refractivity contribution is -0.144. The molecular weight excluding hydrogens is 221 g/mol. The first-order valence-corrected chi connectivity index (χ1v) is 5.07. The van der Waals surface area contributed by atoms with Gasteiger partial charge in [-0.05, 0) is 12.8 Å². The van der Waals surface area contributed by atoms with Gasteiger partial charge in [-0.2, -0.15) is 18.4 Å². The number of hydrogen-bond donors (Lipinski definition) is 1. The van der Waals surface area contributed by atoms with Gasteiger partial charge in [-0.15, -0.1) is 0 Å². The molecule has 3 nitrogen and oxygen atoms in total. The first-order chi connectivity index (χ1) is 7.28. The van der Waals surface area contributed by atoms with E-state index < -0.39 is 30.5 Å². The van der Waals surface area contributed by atoms with Crippen molar-refractivity contribution in [1.29, 1.82) is 5.26 Å². The highest BCUT2D eigenvalue weighted by molar-refractivity contribution is 5.77. The second-order valence-corrected chi connectivity index (χ2v) is 3.56. The summed E-state index contributed by atoms with van der Waals surface area (Å²) in [5.74, 6) is -0.734. The minimum atomic E-state index is -4.34. The summed E-state index contributed by atoms with van der Waals surface area (Å²) in [4.78, 5) is 11.2. The van der Waals surface area contributed by atoms with Gasteiger partial charge in [-0.25, -0.2) is 0 Å². The van der Waals surface area contributed by atoms with Gasteiger partial charge in [0.25, 0.3) is 0 Å². The lowest BCUT2D eigenvalue weighted by Gasteiger charge is -2.24. The molecule has 0 heterocycles. The van der Waals surface area contributed by atoms with E-state index in [1.54, 1.807) is 13.8 Å². The van der Waals surface area contributed by atoms with Crippen LogP contribution in [0.25, 0.3) is 0 Å². The summed E-state index contributed by atoms with van der Waals surface area (Å²) >= 11 is 0. The Labute approximate surface area is 92.6 Å². The number of hydrogen-bond acceptors (Lipinski definition) is 2. The summed E-state index contributed by atoms with van der Waals surface area (Å²) in [6.07, 6.45) is -5.39. The minimum Gasteiger partial charge on any atom is -0.338 e. The van der Waals surface area contributed by atoms with E-state index in [0.29, 0.717) is 12.8 Å². The zero-order valence-corrected chi connectivity index (χ0v) is 9.32. The third kappa shape index (κ3) is 5.01. The molecule has 0 rings (SSSR count). The van der Waals surface area contributed by atoms with Gasteiger partial charge in [0.1, 0.15) is 5.54 Å². The molecule has 0 aliphatic heterocycles. The van der Waals surface area contributed by atoms with Crippen LogP contribution in [0.5, 0.6) is 0 Å². The van der Waals surface area contributed by atoms with Crippen molar-refractivity contribution in [3.63, 3.8) is 0 Å². The van der Waals surface area contributed by atoms with E-state index in [-0.39, 0.29) is 0 Å². The van der Waals surface area contributed by atoms with Crippen LogP contribution in [0.15, 0.2) is 0 Å². The number of nitrogens with zero attached hydrogens (tertiary/aromatic N) is 1. The molecule has 0 bridgehead atoms. The van der Waals surface area contributed by atoms with Gasteiger partial charge in [-0.1, -0.05) is 13.8 Å². The summed E-state index contributed by atoms with van der Waals surface area (Å²) in [6.45, 7) is 3.41. The van der Waals surface area contributed by atoms with Crippen molar-refractivity contribution in [3.05, 3.63) is 0 Å². The average molecular weight is 236 g/mol. The lowest BCUT2D eigenvalue weighted by Crippen LogP contribution is -2.46. The van der Waals surface area contributed by atoms with Crippen molar-refractivity contribution in [1.82, 2.24) is 5.32 Å². The second-order valence-electron chi connectivity index (χ2n) is 3.56. The van der Waals surface area contributed by atoms with Crippen LogP contribution in [-0.4, -0.2) is 17.6 Å². The SMILES string of the molecule is CCC(C#N)(CC)NC(=O)CCC(F)(F)F. The van der Waals surface area contributed by atoms with Gasteiger partial charge in [-0.3, -0.25) is 4.79 Å². The molecule has 0 saturated heterocycles. The van der Waals surface area contributed by atoms with Crippen LogP contribution in [0.4, 0.5) is 13.2 Å². The zero-order valence-electron chi connectivity index (χ0n) is 9.32. The highest BCUT2D eigenvalue weighted by Crippen LogP contribution is 2.22. The van der Waals surface area contributed by atoms with Crippen LogP contribution in [0, 0.1) is 11.3 Å². The third-order valence-corrected chi connectivity index (χ3v) is 2.44. The Morgan fingerprint density at radius 3 is 2.12 bits per heavy atom. The van der Waals surface area contributed by atoms with Crippen molar-refractivity contribution < 1.29 is 18.0 Å². The molecule has 1 amide bonds. The fraction of sp³-hybridized carbons (Fsp3) is 0.800. The van der Waals surface area contributed by atoms with Gasteiger partial charge in [0.2, 0.25) is 5.91 Å². The largest absolute Gasteiger partial charge is 0.389 e. The van der Waals surface area contributed by atoms with Crippen LogP contribution in [-0.2, 0) is 4.79 Å². The van der Waals surface area contributed by atoms with Crippen LogP contribution in [0.3, 0.4) is 0 Å². The molecule has 16 heavy (non-hydrogen) atoms. The molecule has 0 atom stereocenters. The zero-order chi connectivity index (χ0) is 12.8. The highest BCUT2D eigenvalue weighted by atomic mass is 19.4. The van der Waals surface area contributed by atoms with Gasteiger partial charge in [0.15, 0.2) is 0 Å². The monoisotopic (exact) mass is 236 g/mol. The quantitative estimate of drug-likeness (QED) is 0.797. The number of carbonyl (C=O) groups excluding carboxylic acids is 1. The van der Waals surface area contributed by atoms with Crippen molar-refractivity contribution >= 4 is 5.91 Å². The summed E-state index contributed by atoms with van der Waals surface area (Å²) < 4.78 is 35.5. The van der Waals surface area contributed by atoms with E-state index >= 15 is 0 Å². The minimum absolute atomic E-state index is 0.373. The molecule has 0 fully saturated rings. The standard InChI is InChI=1S/C10H15F3N2O/c1-3-9(4-2,7-14)15-8(16)5-6-10(11,12)13/h3-6H2,1-2H3,(H,15,16). The van der Waals surface area contributed by atoms with Crippen molar-refractivity contribution in [3.8, 4) is 6.07 Å². The molecule has 1 N–H and O–H groups in total. The predicted molar refractivity (Wildman–Crippen MR) is 52.4 cm³/mol. The molecule has 0 aromatic rings. The number of halogens is 3. The summed E-state index contributed by atoms with van der Waals surface area (Å²) in [6, 6.07) is 1.93. The number of nitrogens with one attached hydrogen (secondary N) is 1. The fourth-order valence-electron chi connectivity index (χ4n) is 1.20. The Morgan fingerprint density at radius 1 is 1.31 bits per heavy atom.